The summed E-state index contributed by atoms with van der Waals surface area (Å²) in [6, 6.07) is 8.72. The zero-order chi connectivity index (χ0) is 31.9. The van der Waals surface area contributed by atoms with Crippen molar-refractivity contribution in [2.75, 3.05) is 33.6 Å². The molecule has 44 heavy (non-hydrogen) atoms. The third-order valence-corrected chi connectivity index (χ3v) is 7.39. The summed E-state index contributed by atoms with van der Waals surface area (Å²) >= 11 is 0. The highest BCUT2D eigenvalue weighted by Crippen LogP contribution is 2.48. The van der Waals surface area contributed by atoms with Crippen LogP contribution in [0.2, 0.25) is 0 Å². The van der Waals surface area contributed by atoms with Crippen molar-refractivity contribution in [1.29, 1.82) is 0 Å². The van der Waals surface area contributed by atoms with Crippen LogP contribution in [0, 0.1) is 5.82 Å². The molecule has 0 fully saturated rings. The van der Waals surface area contributed by atoms with E-state index in [2.05, 4.69) is 15.2 Å². The smallest absolute Gasteiger partial charge is 0.424 e. The van der Waals surface area contributed by atoms with E-state index in [-0.39, 0.29) is 50.5 Å². The number of halogens is 7. The molecule has 15 heteroatoms. The Morgan fingerprint density at radius 3 is 2.39 bits per heavy atom. The Balaban J connectivity index is 1.58. The van der Waals surface area contributed by atoms with Crippen LogP contribution in [0.1, 0.15) is 27.3 Å². The van der Waals surface area contributed by atoms with E-state index in [9.17, 15) is 40.6 Å². The number of nitrogens with one attached hydrogen (secondary N) is 1. The molecule has 0 aliphatic carbocycles. The molecular formula is C29H23F7N4O4. The van der Waals surface area contributed by atoms with Gasteiger partial charge in [0, 0.05) is 22.1 Å². The molecule has 4 aromatic rings. The van der Waals surface area contributed by atoms with Gasteiger partial charge in [-0.2, -0.15) is 18.3 Å². The van der Waals surface area contributed by atoms with E-state index in [0.717, 1.165) is 12.1 Å². The highest BCUT2D eigenvalue weighted by atomic mass is 19.4. The van der Waals surface area contributed by atoms with Gasteiger partial charge in [-0.25, -0.2) is 22.5 Å². The first-order valence-corrected chi connectivity index (χ1v) is 12.9. The number of methoxy groups -OCH3 is 1. The fourth-order valence-electron chi connectivity index (χ4n) is 4.80. The molecular weight excluding hydrogens is 601 g/mol. The van der Waals surface area contributed by atoms with Gasteiger partial charge in [0.15, 0.2) is 0 Å². The number of hydrogen-bond acceptors (Lipinski definition) is 7. The number of aliphatic hydroxyl groups is 1. The minimum absolute atomic E-state index is 0.0228. The summed E-state index contributed by atoms with van der Waals surface area (Å²) in [6.07, 6.45) is -5.47. The average Bonchev–Trinajstić information content (AvgIpc) is 3.41. The van der Waals surface area contributed by atoms with Crippen molar-refractivity contribution in [2.24, 2.45) is 0 Å². The Kier molecular flexibility index (Phi) is 8.09. The van der Waals surface area contributed by atoms with Crippen molar-refractivity contribution in [3.8, 4) is 22.8 Å². The first-order chi connectivity index (χ1) is 20.9. The molecule has 0 radical (unpaired) electrons. The number of benzene rings is 2. The van der Waals surface area contributed by atoms with Crippen LogP contribution in [-0.2, 0) is 17.7 Å². The minimum Gasteiger partial charge on any atom is -0.494 e. The summed E-state index contributed by atoms with van der Waals surface area (Å²) in [5, 5.41) is 20.9. The maximum atomic E-state index is 14.6. The third-order valence-electron chi connectivity index (χ3n) is 7.39. The van der Waals surface area contributed by atoms with Crippen LogP contribution in [0.5, 0.6) is 11.5 Å². The van der Waals surface area contributed by atoms with E-state index in [1.807, 2.05) is 5.32 Å². The normalized spacial score (nSPS) is 15.4. The molecule has 1 unspecified atom stereocenters. The third kappa shape index (κ3) is 5.25. The number of aromatic nitrogens is 3. The highest BCUT2D eigenvalue weighted by Gasteiger charge is 2.57. The maximum absolute atomic E-state index is 14.6. The van der Waals surface area contributed by atoms with Crippen LogP contribution < -0.4 is 14.8 Å². The van der Waals surface area contributed by atoms with Gasteiger partial charge in [-0.05, 0) is 48.5 Å². The minimum atomic E-state index is -5.47. The summed E-state index contributed by atoms with van der Waals surface area (Å²) in [5.41, 5.74) is -7.65. The van der Waals surface area contributed by atoms with Gasteiger partial charge in [0.1, 0.15) is 55.2 Å². The van der Waals surface area contributed by atoms with Crippen molar-refractivity contribution in [2.45, 2.75) is 23.9 Å². The molecule has 3 heterocycles. The van der Waals surface area contributed by atoms with Crippen molar-refractivity contribution in [3.05, 3.63) is 76.9 Å². The molecule has 1 aliphatic heterocycles. The van der Waals surface area contributed by atoms with Crippen LogP contribution in [0.3, 0.4) is 0 Å². The van der Waals surface area contributed by atoms with Gasteiger partial charge in [-0.3, -0.25) is 4.79 Å². The van der Waals surface area contributed by atoms with E-state index >= 15 is 0 Å². The van der Waals surface area contributed by atoms with E-state index in [1.165, 1.54) is 37.4 Å². The zero-order valence-electron chi connectivity index (χ0n) is 22.8. The van der Waals surface area contributed by atoms with Gasteiger partial charge >= 0.3 is 6.18 Å². The van der Waals surface area contributed by atoms with Crippen LogP contribution in [-0.4, -0.2) is 66.0 Å². The van der Waals surface area contributed by atoms with E-state index < -0.39 is 67.8 Å². The number of amides is 1. The zero-order valence-corrected chi connectivity index (χ0v) is 22.8. The lowest BCUT2D eigenvalue weighted by molar-refractivity contribution is -0.265. The van der Waals surface area contributed by atoms with E-state index in [0.29, 0.717) is 6.07 Å². The summed E-state index contributed by atoms with van der Waals surface area (Å²) in [4.78, 5) is 17.1. The number of pyridine rings is 1. The predicted octanol–water partition coefficient (Wildman–Crippen LogP) is 5.06. The standard InChI is InChI=1S/C29H23F7N4O4/c1-43-21-8-17(6-16-7-19(10-30)39-40-23(16)21)26(41)37-13-28(42,29(34,35)36)22-9-20-25(44-14-27(20,11-31)12-32)24(38-22)15-2-4-18(33)5-3-15/h2-9,42H,10-14H2,1H3,(H,37,41). The first-order valence-electron chi connectivity index (χ1n) is 12.9. The lowest BCUT2D eigenvalue weighted by atomic mass is 9.82. The van der Waals surface area contributed by atoms with Crippen LogP contribution in [0.15, 0.2) is 48.5 Å². The second-order valence-corrected chi connectivity index (χ2v) is 10.2. The average molecular weight is 625 g/mol. The predicted molar refractivity (Wildman–Crippen MR) is 142 cm³/mol. The fourth-order valence-corrected chi connectivity index (χ4v) is 4.80. The number of carbonyl (C=O) groups excluding carboxylic acids is 1. The Morgan fingerprint density at radius 1 is 1.07 bits per heavy atom. The quantitative estimate of drug-likeness (QED) is 0.251. The molecule has 1 amide bonds. The number of rotatable bonds is 9. The molecule has 232 valence electrons. The molecule has 1 atom stereocenters. The largest absolute Gasteiger partial charge is 0.494 e. The number of alkyl halides is 6. The Bertz CT molecular complexity index is 1720. The summed E-state index contributed by atoms with van der Waals surface area (Å²) < 4.78 is 110. The van der Waals surface area contributed by atoms with Crippen LogP contribution >= 0.6 is 0 Å². The van der Waals surface area contributed by atoms with Crippen molar-refractivity contribution in [1.82, 2.24) is 20.5 Å². The lowest BCUT2D eigenvalue weighted by Crippen LogP contribution is -2.51. The monoisotopic (exact) mass is 624 g/mol. The van der Waals surface area contributed by atoms with Gasteiger partial charge in [0.25, 0.3) is 5.91 Å². The number of ether oxygens (including phenoxy) is 2. The number of nitrogens with zero attached hydrogens (tertiary/aromatic N) is 3. The molecule has 2 aromatic carbocycles. The number of fused-ring (bicyclic) bond motifs is 2. The highest BCUT2D eigenvalue weighted by molar-refractivity contribution is 5.99. The first kappa shape index (κ1) is 30.9. The van der Waals surface area contributed by atoms with Gasteiger partial charge in [0.05, 0.1) is 30.5 Å². The topological polar surface area (TPSA) is 106 Å². The molecule has 0 saturated carbocycles. The van der Waals surface area contributed by atoms with Gasteiger partial charge in [-0.15, -0.1) is 5.10 Å². The molecule has 1 aliphatic rings. The summed E-state index contributed by atoms with van der Waals surface area (Å²) in [7, 11) is 1.25. The molecule has 5 rings (SSSR count). The number of hydrogen-bond donors (Lipinski definition) is 2. The summed E-state index contributed by atoms with van der Waals surface area (Å²) in [5.74, 6) is -1.95. The molecule has 8 nitrogen and oxygen atoms in total. The van der Waals surface area contributed by atoms with Crippen molar-refractivity contribution < 1.29 is 50.1 Å². The SMILES string of the molecule is COc1cc(C(=O)NCC(O)(c2cc3c(c(-c4ccc(F)cc4)n2)OCC3(CF)CF)C(F)(F)F)cc2cc(CF)nnc12. The molecule has 0 saturated heterocycles. The maximum Gasteiger partial charge on any atom is 0.424 e. The van der Waals surface area contributed by atoms with Gasteiger partial charge in [-0.1, -0.05) is 0 Å². The van der Waals surface area contributed by atoms with Gasteiger partial charge in [0.2, 0.25) is 5.60 Å². The molecule has 0 spiro atoms. The molecule has 2 N–H and O–H groups in total. The summed E-state index contributed by atoms with van der Waals surface area (Å²) in [6.45, 7) is -5.70. The Labute approximate surface area is 244 Å². The second kappa shape index (κ2) is 11.5. The van der Waals surface area contributed by atoms with Crippen LogP contribution in [0.25, 0.3) is 22.2 Å². The van der Waals surface area contributed by atoms with Gasteiger partial charge < -0.3 is 19.9 Å². The van der Waals surface area contributed by atoms with E-state index in [1.54, 1.807) is 0 Å². The Morgan fingerprint density at radius 2 is 1.77 bits per heavy atom. The second-order valence-electron chi connectivity index (χ2n) is 10.2. The number of carbonyl (C=O) groups is 1. The lowest BCUT2D eigenvalue weighted by Gasteiger charge is -2.31. The Hall–Kier alpha value is -4.53. The van der Waals surface area contributed by atoms with Crippen LogP contribution in [0.4, 0.5) is 30.7 Å². The molecule has 2 aromatic heterocycles. The van der Waals surface area contributed by atoms with Crippen molar-refractivity contribution in [3.63, 3.8) is 0 Å². The van der Waals surface area contributed by atoms with E-state index in [4.69, 9.17) is 9.47 Å². The van der Waals surface area contributed by atoms with Crippen molar-refractivity contribution >= 4 is 16.8 Å². The fraction of sp³-hybridized carbons (Fsp3) is 0.310. The molecule has 0 bridgehead atoms.